The molecule has 0 unspecified atom stereocenters. The molecule has 0 N–H and O–H groups in total. The van der Waals surface area contributed by atoms with Crippen LogP contribution in [0.25, 0.3) is 10.2 Å². The summed E-state index contributed by atoms with van der Waals surface area (Å²) in [6.45, 7) is 8.76. The van der Waals surface area contributed by atoms with Crippen molar-refractivity contribution in [1.82, 2.24) is 9.88 Å². The molecule has 0 aliphatic carbocycles. The summed E-state index contributed by atoms with van der Waals surface area (Å²) in [7, 11) is 0. The van der Waals surface area contributed by atoms with Crippen LogP contribution in [0.5, 0.6) is 11.5 Å². The highest BCUT2D eigenvalue weighted by molar-refractivity contribution is 7.22. The number of hydrogen-bond acceptors (Lipinski definition) is 6. The van der Waals surface area contributed by atoms with Crippen LogP contribution in [-0.2, 0) is 11.2 Å². The maximum absolute atomic E-state index is 13.3. The van der Waals surface area contributed by atoms with Gasteiger partial charge in [-0.05, 0) is 25.1 Å². The van der Waals surface area contributed by atoms with E-state index in [1.54, 1.807) is 0 Å². The number of amides is 1. The Hall–Kier alpha value is -2.64. The molecule has 0 atom stereocenters. The Labute approximate surface area is 187 Å². The molecule has 1 aliphatic heterocycles. The molecule has 0 fully saturated rings. The van der Waals surface area contributed by atoms with Crippen molar-refractivity contribution in [2.45, 2.75) is 26.7 Å². The lowest BCUT2D eigenvalue weighted by Crippen LogP contribution is -2.39. The Bertz CT molecular complexity index is 975. The van der Waals surface area contributed by atoms with Crippen LogP contribution in [0.1, 0.15) is 25.8 Å². The zero-order chi connectivity index (χ0) is 21.6. The average Bonchev–Trinajstić information content (AvgIpc) is 3.21. The summed E-state index contributed by atoms with van der Waals surface area (Å²) in [5.41, 5.74) is 2.01. The van der Waals surface area contributed by atoms with Gasteiger partial charge in [-0.3, -0.25) is 9.69 Å². The fourth-order valence-corrected chi connectivity index (χ4v) is 4.73. The molecule has 31 heavy (non-hydrogen) atoms. The van der Waals surface area contributed by atoms with Crippen molar-refractivity contribution in [2.75, 3.05) is 44.3 Å². The average molecular weight is 440 g/mol. The minimum atomic E-state index is 0.104. The van der Waals surface area contributed by atoms with Gasteiger partial charge in [-0.1, -0.05) is 55.5 Å². The lowest BCUT2D eigenvalue weighted by atomic mass is 10.1. The monoisotopic (exact) mass is 439 g/mol. The number of benzene rings is 2. The van der Waals surface area contributed by atoms with Gasteiger partial charge in [0.15, 0.2) is 16.6 Å². The summed E-state index contributed by atoms with van der Waals surface area (Å²) in [5, 5.41) is 0.738. The number of aromatic nitrogens is 1. The van der Waals surface area contributed by atoms with Crippen molar-refractivity contribution in [1.29, 1.82) is 0 Å². The summed E-state index contributed by atoms with van der Waals surface area (Å²) in [5.74, 6) is 1.58. The number of thiazole rings is 1. The molecule has 1 aromatic heterocycles. The molecule has 1 aliphatic rings. The van der Waals surface area contributed by atoms with Gasteiger partial charge in [0.1, 0.15) is 13.2 Å². The van der Waals surface area contributed by atoms with E-state index in [0.29, 0.717) is 26.2 Å². The van der Waals surface area contributed by atoms with Gasteiger partial charge in [0.2, 0.25) is 5.91 Å². The molecule has 7 heteroatoms. The summed E-state index contributed by atoms with van der Waals surface area (Å²) in [4.78, 5) is 22.2. The van der Waals surface area contributed by atoms with Crippen molar-refractivity contribution in [2.24, 2.45) is 0 Å². The summed E-state index contributed by atoms with van der Waals surface area (Å²) in [6, 6.07) is 14.0. The first-order valence-electron chi connectivity index (χ1n) is 10.9. The van der Waals surface area contributed by atoms with Crippen molar-refractivity contribution in [3.05, 3.63) is 48.0 Å². The van der Waals surface area contributed by atoms with E-state index in [-0.39, 0.29) is 5.91 Å². The van der Waals surface area contributed by atoms with Crippen LogP contribution in [0.3, 0.4) is 0 Å². The maximum Gasteiger partial charge on any atom is 0.229 e. The minimum absolute atomic E-state index is 0.104. The normalized spacial score (nSPS) is 13.0. The first-order valence-corrected chi connectivity index (χ1v) is 11.8. The zero-order valence-corrected chi connectivity index (χ0v) is 19.0. The van der Waals surface area contributed by atoms with E-state index in [0.717, 1.165) is 52.9 Å². The van der Waals surface area contributed by atoms with E-state index in [9.17, 15) is 4.79 Å². The molecule has 164 valence electrons. The Morgan fingerprint density at radius 1 is 1.03 bits per heavy atom. The number of carbonyl (C=O) groups is 1. The van der Waals surface area contributed by atoms with Crippen LogP contribution in [0.15, 0.2) is 42.5 Å². The van der Waals surface area contributed by atoms with E-state index < -0.39 is 0 Å². The molecule has 0 bridgehead atoms. The molecule has 0 spiro atoms. The third kappa shape index (κ3) is 5.17. The number of fused-ring (bicyclic) bond motifs is 2. The molecule has 4 rings (SSSR count). The van der Waals surface area contributed by atoms with E-state index in [1.807, 2.05) is 35.2 Å². The van der Waals surface area contributed by atoms with Crippen molar-refractivity contribution in [3.63, 3.8) is 0 Å². The van der Waals surface area contributed by atoms with Gasteiger partial charge in [0.05, 0.1) is 10.2 Å². The van der Waals surface area contributed by atoms with E-state index in [2.05, 4.69) is 30.9 Å². The van der Waals surface area contributed by atoms with E-state index in [4.69, 9.17) is 14.5 Å². The van der Waals surface area contributed by atoms with Crippen LogP contribution < -0.4 is 14.4 Å². The zero-order valence-electron chi connectivity index (χ0n) is 18.2. The second-order valence-corrected chi connectivity index (χ2v) is 8.53. The quantitative estimate of drug-likeness (QED) is 0.495. The van der Waals surface area contributed by atoms with Gasteiger partial charge < -0.3 is 14.4 Å². The number of rotatable bonds is 9. The Morgan fingerprint density at radius 2 is 1.74 bits per heavy atom. The van der Waals surface area contributed by atoms with Crippen molar-refractivity contribution < 1.29 is 14.3 Å². The second kappa shape index (κ2) is 10.1. The molecule has 2 heterocycles. The highest BCUT2D eigenvalue weighted by Crippen LogP contribution is 2.38. The predicted octanol–water partition coefficient (Wildman–Crippen LogP) is 4.38. The third-order valence-corrected chi connectivity index (χ3v) is 6.62. The molecule has 2 aromatic carbocycles. The summed E-state index contributed by atoms with van der Waals surface area (Å²) in [6.07, 6.45) is 1.18. The molecule has 0 radical (unpaired) electrons. The summed E-state index contributed by atoms with van der Waals surface area (Å²) < 4.78 is 12.4. The molecule has 0 saturated carbocycles. The molecule has 0 saturated heterocycles. The highest BCUT2D eigenvalue weighted by atomic mass is 32.1. The number of carbonyl (C=O) groups excluding carboxylic acids is 1. The van der Waals surface area contributed by atoms with Crippen LogP contribution in [-0.4, -0.2) is 55.2 Å². The number of hydrogen-bond donors (Lipinski definition) is 0. The minimum Gasteiger partial charge on any atom is -0.486 e. The number of anilines is 1. The van der Waals surface area contributed by atoms with Crippen molar-refractivity contribution >= 4 is 32.6 Å². The number of likely N-dealkylation sites (N-methyl/N-ethyl adjacent to an activating group) is 1. The smallest absolute Gasteiger partial charge is 0.229 e. The van der Waals surface area contributed by atoms with Crippen molar-refractivity contribution in [3.8, 4) is 11.5 Å². The summed E-state index contributed by atoms with van der Waals surface area (Å²) >= 11 is 1.53. The molecule has 3 aromatic rings. The number of ether oxygens (including phenoxy) is 2. The standard InChI is InChI=1S/C24H29N3O3S/c1-3-26(4-2)12-13-27(23(28)11-10-18-8-6-5-7-9-18)24-25-19-16-20-21(17-22(19)31-24)30-15-14-29-20/h5-9,16-17H,3-4,10-15H2,1-2H3. The van der Waals surface area contributed by atoms with Crippen LogP contribution in [0.4, 0.5) is 5.13 Å². The third-order valence-electron chi connectivity index (χ3n) is 5.58. The van der Waals surface area contributed by atoms with Crippen LogP contribution in [0, 0.1) is 0 Å². The van der Waals surface area contributed by atoms with Gasteiger partial charge in [-0.2, -0.15) is 0 Å². The molecular formula is C24H29N3O3S. The van der Waals surface area contributed by atoms with E-state index in [1.165, 1.54) is 16.9 Å². The predicted molar refractivity (Wildman–Crippen MR) is 126 cm³/mol. The second-order valence-electron chi connectivity index (χ2n) is 7.52. The lowest BCUT2D eigenvalue weighted by molar-refractivity contribution is -0.118. The van der Waals surface area contributed by atoms with Gasteiger partial charge in [0.25, 0.3) is 0 Å². The number of aryl methyl sites for hydroxylation is 1. The highest BCUT2D eigenvalue weighted by Gasteiger charge is 2.22. The topological polar surface area (TPSA) is 54.9 Å². The van der Waals surface area contributed by atoms with Crippen LogP contribution in [0.2, 0.25) is 0 Å². The fraction of sp³-hybridized carbons (Fsp3) is 0.417. The van der Waals surface area contributed by atoms with E-state index >= 15 is 0 Å². The van der Waals surface area contributed by atoms with Gasteiger partial charge >= 0.3 is 0 Å². The SMILES string of the molecule is CCN(CC)CCN(C(=O)CCc1ccccc1)c1nc2cc3c(cc2s1)OCCO3. The lowest BCUT2D eigenvalue weighted by Gasteiger charge is -2.24. The Balaban J connectivity index is 1.57. The molecule has 6 nitrogen and oxygen atoms in total. The molecular weight excluding hydrogens is 410 g/mol. The first-order chi connectivity index (χ1) is 15.2. The van der Waals surface area contributed by atoms with Gasteiger partial charge in [0, 0.05) is 31.6 Å². The first kappa shape index (κ1) is 21.6. The molecule has 1 amide bonds. The fourth-order valence-electron chi connectivity index (χ4n) is 3.71. The van der Waals surface area contributed by atoms with Gasteiger partial charge in [-0.25, -0.2) is 4.98 Å². The maximum atomic E-state index is 13.3. The Morgan fingerprint density at radius 3 is 2.45 bits per heavy atom. The van der Waals surface area contributed by atoms with Gasteiger partial charge in [-0.15, -0.1) is 0 Å². The van der Waals surface area contributed by atoms with Crippen LogP contribution >= 0.6 is 11.3 Å². The number of nitrogens with zero attached hydrogens (tertiary/aromatic N) is 3. The Kier molecular flexibility index (Phi) is 7.04. The largest absolute Gasteiger partial charge is 0.486 e.